The molecule has 780 valence electrons. The molecular formula is C115H124F4N18O12S. The quantitative estimate of drug-likeness (QED) is 0.0138. The number of thioether (sulfide) groups is 1. The minimum Gasteiger partial charge on any atom is -0.478 e. The summed E-state index contributed by atoms with van der Waals surface area (Å²) in [5, 5.41) is 83.6. The first-order valence-electron chi connectivity index (χ1n) is 49.5. The van der Waals surface area contributed by atoms with Crippen molar-refractivity contribution in [2.75, 3.05) is 20.4 Å². The summed E-state index contributed by atoms with van der Waals surface area (Å²) >= 11 is 1.62. The maximum Gasteiger partial charge on any atom is 0.335 e. The van der Waals surface area contributed by atoms with E-state index < -0.39 is 29.8 Å². The molecule has 10 aromatic heterocycles. The van der Waals surface area contributed by atoms with Gasteiger partial charge < -0.3 is 63.5 Å². The number of nitrogens with zero attached hydrogens (tertiary/aromatic N) is 18. The number of aliphatic hydroxyl groups is 2. The van der Waals surface area contributed by atoms with Gasteiger partial charge in [-0.2, -0.15) is 0 Å². The van der Waals surface area contributed by atoms with Crippen LogP contribution >= 0.6 is 11.8 Å². The molecule has 0 unspecified atom stereocenters. The Bertz CT molecular complexity index is 7180. The summed E-state index contributed by atoms with van der Waals surface area (Å²) in [7, 11) is 3.94. The van der Waals surface area contributed by atoms with E-state index in [9.17, 15) is 77.3 Å². The fourth-order valence-corrected chi connectivity index (χ4v) is 17.7. The lowest BCUT2D eigenvalue weighted by Gasteiger charge is -2.13. The second-order valence-electron chi connectivity index (χ2n) is 36.3. The van der Waals surface area contributed by atoms with Gasteiger partial charge in [-0.15, -0.1) is 32.2 Å². The van der Waals surface area contributed by atoms with Gasteiger partial charge in [0, 0.05) is 121 Å². The highest BCUT2D eigenvalue weighted by Gasteiger charge is 2.22. The monoisotopic (exact) mass is 2060 g/mol. The third kappa shape index (κ3) is 34.6. The van der Waals surface area contributed by atoms with E-state index in [0.717, 1.165) is 173 Å². The van der Waals surface area contributed by atoms with Gasteiger partial charge in [0.05, 0.1) is 88.6 Å². The summed E-state index contributed by atoms with van der Waals surface area (Å²) in [6.07, 6.45) is 24.9. The molecular weight excluding hydrogens is 1930 g/mol. The molecule has 16 aromatic rings. The molecule has 150 heavy (non-hydrogen) atoms. The van der Waals surface area contributed by atoms with Gasteiger partial charge in [-0.3, -0.25) is 24.9 Å². The maximum absolute atomic E-state index is 13.2. The number of allylic oxidation sites excluding steroid dienone is 1. The van der Waals surface area contributed by atoms with Gasteiger partial charge in [0.1, 0.15) is 58.2 Å². The van der Waals surface area contributed by atoms with Crippen molar-refractivity contribution in [3.05, 3.63) is 425 Å². The highest BCUT2D eigenvalue weighted by Crippen LogP contribution is 2.27. The third-order valence-corrected chi connectivity index (χ3v) is 25.1. The first-order chi connectivity index (χ1) is 72.4. The number of carboxylic acids is 5. The second-order valence-corrected chi connectivity index (χ2v) is 37.1. The summed E-state index contributed by atoms with van der Waals surface area (Å²) in [6, 6.07) is 61.9. The van der Waals surface area contributed by atoms with Crippen molar-refractivity contribution in [3.8, 4) is 11.4 Å². The molecule has 0 spiro atoms. The largest absolute Gasteiger partial charge is 0.478 e. The van der Waals surface area contributed by atoms with Crippen LogP contribution in [0.1, 0.15) is 235 Å². The predicted octanol–water partition coefficient (Wildman–Crippen LogP) is 19.9. The minimum atomic E-state index is -1.04. The molecule has 30 nitrogen and oxygen atoms in total. The number of aromatic nitrogens is 17. The fourth-order valence-electron chi connectivity index (χ4n) is 17.1. The molecule has 0 radical (unpaired) electrons. The number of halogens is 4. The van der Waals surface area contributed by atoms with Crippen molar-refractivity contribution in [1.29, 1.82) is 0 Å². The van der Waals surface area contributed by atoms with E-state index in [2.05, 4.69) is 114 Å². The number of aryl methyl sites for hydroxylation is 15. The van der Waals surface area contributed by atoms with Gasteiger partial charge in [-0.25, -0.2) is 56.5 Å². The van der Waals surface area contributed by atoms with E-state index in [4.69, 9.17) is 0 Å². The van der Waals surface area contributed by atoms with Crippen molar-refractivity contribution >= 4 is 47.7 Å². The smallest absolute Gasteiger partial charge is 0.335 e. The number of rotatable bonds is 45. The Kier molecular flexibility index (Phi) is 42.7. The molecule has 0 fully saturated rings. The van der Waals surface area contributed by atoms with Gasteiger partial charge in [-0.05, 0) is 275 Å². The van der Waals surface area contributed by atoms with E-state index in [0.29, 0.717) is 124 Å². The van der Waals surface area contributed by atoms with Gasteiger partial charge in [0.25, 0.3) is 0 Å². The highest BCUT2D eigenvalue weighted by atomic mass is 32.2. The number of pyridine rings is 5. The normalized spacial score (nSPS) is 11.1. The number of aliphatic hydroxyl groups excluding tert-OH is 2. The highest BCUT2D eigenvalue weighted by molar-refractivity contribution is 7.98. The minimum absolute atomic E-state index is 0.130. The summed E-state index contributed by atoms with van der Waals surface area (Å²) in [4.78, 5) is 94.0. The molecule has 0 saturated heterocycles. The number of aromatic carboxylic acids is 5. The SMILES string of the molecule is C/C=C/c1cnc(CCCc2cc(C(=O)O)cc(C)n2)n1Cc1ccc(F)cc1.CCc1cnc(CCCc2cc(C(=O)O)cc(CO)n2)n1Cc1ccc(F)cc1.CSc1cnc(CCCc2cc(C(=O)O)cc(C)n2)n1Cc1ccc(F)cc1.Cc1cc(C(=O)O)cc(CCCc2nnc(CN(C)C)n2Cc2ccc(F)cc2)n1.O=C(O)c1cc(CO)nc(CCCc2nnc(-c3ccccc3)n2CCCc2ccccc2)c1. The van der Waals surface area contributed by atoms with Crippen LogP contribution in [0.25, 0.3) is 17.5 Å². The summed E-state index contributed by atoms with van der Waals surface area (Å²) in [6.45, 7) is 12.7. The van der Waals surface area contributed by atoms with Crippen LogP contribution in [0.4, 0.5) is 17.6 Å². The number of hydrogen-bond acceptors (Lipinski definition) is 21. The van der Waals surface area contributed by atoms with Gasteiger partial charge in [-0.1, -0.05) is 122 Å². The van der Waals surface area contributed by atoms with Crippen LogP contribution in [0.3, 0.4) is 0 Å². The molecule has 0 aliphatic heterocycles. The molecule has 16 rings (SSSR count). The first kappa shape index (κ1) is 113. The van der Waals surface area contributed by atoms with Crippen molar-refractivity contribution in [3.63, 3.8) is 0 Å². The van der Waals surface area contributed by atoms with Crippen molar-refractivity contribution < 1.29 is 77.3 Å². The topological polar surface area (TPSA) is 410 Å². The lowest BCUT2D eigenvalue weighted by molar-refractivity contribution is 0.0685. The molecule has 0 amide bonds. The van der Waals surface area contributed by atoms with Gasteiger partial charge >= 0.3 is 29.8 Å². The van der Waals surface area contributed by atoms with E-state index in [1.54, 1.807) is 130 Å². The molecule has 0 saturated carbocycles. The number of carboxylic acid groups (broad SMARTS) is 5. The zero-order valence-electron chi connectivity index (χ0n) is 85.2. The Balaban J connectivity index is 0.000000166. The molecule has 35 heteroatoms. The van der Waals surface area contributed by atoms with Crippen LogP contribution < -0.4 is 0 Å². The van der Waals surface area contributed by atoms with E-state index >= 15 is 0 Å². The fraction of sp³-hybridized carbons (Fsp3) is 0.296. The van der Waals surface area contributed by atoms with Crippen LogP contribution in [0, 0.1) is 44.0 Å². The first-order valence-corrected chi connectivity index (χ1v) is 50.7. The van der Waals surface area contributed by atoms with Gasteiger partial charge in [0.2, 0.25) is 0 Å². The Morgan fingerprint density at radius 2 is 0.693 bits per heavy atom. The molecule has 7 N–H and O–H groups in total. The average molecular weight is 2060 g/mol. The predicted molar refractivity (Wildman–Crippen MR) is 564 cm³/mol. The number of hydrogen-bond donors (Lipinski definition) is 7. The molecule has 0 aliphatic carbocycles. The molecule has 10 heterocycles. The Labute approximate surface area is 872 Å². The lowest BCUT2D eigenvalue weighted by Crippen LogP contribution is -2.17. The lowest BCUT2D eigenvalue weighted by atomic mass is 10.1. The van der Waals surface area contributed by atoms with Crippen LogP contribution in [0.15, 0.2) is 248 Å². The Hall–Kier alpha value is -16.0. The number of benzene rings is 6. The van der Waals surface area contributed by atoms with Crippen molar-refractivity contribution in [2.24, 2.45) is 0 Å². The molecule has 6 aromatic carbocycles. The number of imidazole rings is 3. The standard InChI is InChI=1S/C27H28N4O3.C23H24FN3O2.C22H26FN5O2.C22H24FN3O3.C21H22FN3O2S/c32-19-24-18-22(27(33)34)17-23(28-24)14-7-15-25-29-30-26(21-12-5-2-6-13-21)31(25)16-8-11-20-9-3-1-4-10-20;1-3-5-21-14-25-22(27(21)15-17-8-10-19(24)11-9-17)7-4-6-20-13-18(23(28)29)12-16(2)26-20;1-15-11-17(22(29)30)12-19(24-15)5-4-6-20-25-26-21(14-27(2)3)28(20)13-16-7-9-18(23)10-8-16;1-2-20-12-24-21(26(20)13-15-6-8-17(23)9-7-15)5-3-4-18-10-16(22(28)29)11-19(14-27)25-18;1-14-10-16(21(26)27)11-18(24-14)4-3-5-19-23-12-20(28-2)25(19)13-15-6-8-17(22)9-7-15/h1-6,9-10,12-13,17-18,32H,7-8,11,14-16,19H2,(H,33,34);3,5,8-14H,4,6-7,15H2,1-2H3,(H,28,29);7-12H,4-6,13-14H2,1-3H3,(H,29,30);6-12,27H,2-5,13-14H2,1H3,(H,28,29);6-12H,3-5,13H2,1-2H3,(H,26,27)/b;5-3+;;;. The zero-order chi connectivity index (χ0) is 107. The molecule has 0 atom stereocenters. The summed E-state index contributed by atoms with van der Waals surface area (Å²) < 4.78 is 63.5. The van der Waals surface area contributed by atoms with Crippen LogP contribution in [-0.2, 0) is 130 Å². The van der Waals surface area contributed by atoms with Gasteiger partial charge in [0.15, 0.2) is 5.82 Å². The second kappa shape index (κ2) is 56.8. The van der Waals surface area contributed by atoms with Crippen LogP contribution in [0.2, 0.25) is 0 Å². The van der Waals surface area contributed by atoms with E-state index in [1.165, 1.54) is 66.2 Å². The summed E-state index contributed by atoms with van der Waals surface area (Å²) in [5.41, 5.74) is 15.9. The third-order valence-electron chi connectivity index (χ3n) is 24.3. The van der Waals surface area contributed by atoms with Crippen molar-refractivity contribution in [2.45, 2.75) is 208 Å². The number of carbonyl (C=O) groups is 5. The van der Waals surface area contributed by atoms with Crippen LogP contribution in [-0.4, -0.2) is 174 Å². The Morgan fingerprint density at radius 1 is 0.353 bits per heavy atom. The van der Waals surface area contributed by atoms with Crippen LogP contribution in [0.5, 0.6) is 0 Å². The van der Waals surface area contributed by atoms with E-state index in [-0.39, 0.29) is 64.3 Å². The summed E-state index contributed by atoms with van der Waals surface area (Å²) in [5.74, 6) is 0.389. The average Bonchev–Trinajstić information content (AvgIpc) is 1.68. The van der Waals surface area contributed by atoms with E-state index in [1.807, 2.05) is 99.3 Å². The molecule has 0 bridgehead atoms. The maximum atomic E-state index is 13.2. The van der Waals surface area contributed by atoms with Crippen molar-refractivity contribution in [1.82, 2.24) is 88.0 Å². The Morgan fingerprint density at radius 3 is 1.09 bits per heavy atom. The molecule has 0 aliphatic rings. The zero-order valence-corrected chi connectivity index (χ0v) is 86.0.